The number of phenolic OH excluding ortho intramolecular Hbond substituents is 1. The van der Waals surface area contributed by atoms with Crippen LogP contribution in [0.3, 0.4) is 0 Å². The highest BCUT2D eigenvalue weighted by Crippen LogP contribution is 2.45. The summed E-state index contributed by atoms with van der Waals surface area (Å²) in [7, 11) is 0. The van der Waals surface area contributed by atoms with Crippen LogP contribution in [-0.2, 0) is 21.7 Å². The van der Waals surface area contributed by atoms with Crippen LogP contribution in [-0.4, -0.2) is 19.6 Å². The Morgan fingerprint density at radius 1 is 0.554 bits per heavy atom. The van der Waals surface area contributed by atoms with Crippen molar-refractivity contribution in [3.8, 4) is 56.3 Å². The normalized spacial score (nSPS) is 14.0. The van der Waals surface area contributed by atoms with Gasteiger partial charge < -0.3 is 5.11 Å². The number of rotatable bonds is 5. The predicted octanol–water partition coefficient (Wildman–Crippen LogP) is 14.0. The molecule has 1 N–H and O–H groups in total. The Morgan fingerprint density at radius 2 is 1.18 bits per heavy atom. The molecule has 0 saturated carbocycles. The Labute approximate surface area is 341 Å². The van der Waals surface area contributed by atoms with Crippen molar-refractivity contribution < 1.29 is 12.0 Å². The van der Waals surface area contributed by atoms with Crippen LogP contribution in [0.5, 0.6) is 5.75 Å². The fourth-order valence-corrected chi connectivity index (χ4v) is 7.20. The van der Waals surface area contributed by atoms with Gasteiger partial charge in [-0.3, -0.25) is 9.55 Å². The van der Waals surface area contributed by atoms with E-state index in [0.29, 0.717) is 22.6 Å². The largest absolute Gasteiger partial charge is 0.507 e. The first-order valence-electron chi connectivity index (χ1n) is 22.0. The first kappa shape index (κ1) is 32.7. The van der Waals surface area contributed by atoms with Gasteiger partial charge in [-0.15, -0.1) is 0 Å². The quantitative estimate of drug-likeness (QED) is 0.191. The van der Waals surface area contributed by atoms with E-state index in [2.05, 4.69) is 160 Å². The lowest BCUT2D eigenvalue weighted by Crippen LogP contribution is -2.17. The van der Waals surface area contributed by atoms with E-state index < -0.39 is 6.04 Å². The Kier molecular flexibility index (Phi) is 8.14. The van der Waals surface area contributed by atoms with E-state index >= 15 is 0 Å². The smallest absolute Gasteiger partial charge is 0.149 e. The summed E-state index contributed by atoms with van der Waals surface area (Å²) in [5.74, 6) is 0.854. The number of fused-ring (bicyclic) bond motifs is 1. The van der Waals surface area contributed by atoms with E-state index in [9.17, 15) is 5.11 Å². The highest BCUT2D eigenvalue weighted by molar-refractivity contribution is 5.97. The maximum Gasteiger partial charge on any atom is 0.149 e. The van der Waals surface area contributed by atoms with Gasteiger partial charge in [-0.25, -0.2) is 4.98 Å². The van der Waals surface area contributed by atoms with Gasteiger partial charge in [0.15, 0.2) is 0 Å². The molecule has 0 bridgehead atoms. The van der Waals surface area contributed by atoms with Crippen LogP contribution in [0.1, 0.15) is 112 Å². The fraction of sp³-hybridized carbons (Fsp3) is 0.308. The zero-order chi connectivity index (χ0) is 44.7. The second-order valence-electron chi connectivity index (χ2n) is 19.1. The lowest BCUT2D eigenvalue weighted by atomic mass is 9.79. The van der Waals surface area contributed by atoms with Crippen molar-refractivity contribution in [3.05, 3.63) is 144 Å². The highest BCUT2D eigenvalue weighted by atomic mass is 16.3. The molecule has 0 amide bonds. The van der Waals surface area contributed by atoms with Crippen molar-refractivity contribution in [2.45, 2.75) is 105 Å². The van der Waals surface area contributed by atoms with Gasteiger partial charge in [-0.05, 0) is 104 Å². The Hall–Kier alpha value is -5.48. The van der Waals surface area contributed by atoms with Crippen molar-refractivity contribution in [3.63, 3.8) is 0 Å². The minimum atomic E-state index is -0.427. The number of nitrogens with zero attached hydrogens (tertiary/aromatic N) is 3. The molecule has 0 fully saturated rings. The monoisotopic (exact) mass is 744 g/mol. The second kappa shape index (κ2) is 13.9. The minimum Gasteiger partial charge on any atom is -0.507 e. The molecule has 0 aliphatic rings. The third-order valence-electron chi connectivity index (χ3n) is 10.7. The summed E-state index contributed by atoms with van der Waals surface area (Å²) < 4.78 is 44.2. The lowest BCUT2D eigenvalue weighted by molar-refractivity contribution is 0.446. The number of aromatic hydroxyl groups is 1. The Morgan fingerprint density at radius 3 is 1.80 bits per heavy atom. The van der Waals surface area contributed by atoms with Gasteiger partial charge in [0.1, 0.15) is 11.6 Å². The zero-order valence-corrected chi connectivity index (χ0v) is 34.9. The summed E-state index contributed by atoms with van der Waals surface area (Å²) in [6.45, 7) is 26.1. The molecule has 4 heteroatoms. The molecule has 0 aliphatic carbocycles. The molecule has 0 unspecified atom stereocenters. The van der Waals surface area contributed by atoms with E-state index in [4.69, 9.17) is 16.8 Å². The summed E-state index contributed by atoms with van der Waals surface area (Å²) >= 11 is 0. The highest BCUT2D eigenvalue weighted by Gasteiger charge is 2.29. The molecule has 0 saturated heterocycles. The van der Waals surface area contributed by atoms with Crippen LogP contribution < -0.4 is 0 Å². The summed E-state index contributed by atoms with van der Waals surface area (Å²) in [4.78, 5) is 10.3. The molecule has 2 heterocycles. The molecule has 0 radical (unpaired) electrons. The molecule has 56 heavy (non-hydrogen) atoms. The molecule has 0 spiro atoms. The topological polar surface area (TPSA) is 50.9 Å². The van der Waals surface area contributed by atoms with E-state index in [1.807, 2.05) is 0 Å². The molecule has 7 aromatic rings. The minimum absolute atomic E-state index is 0.0364. The van der Waals surface area contributed by atoms with E-state index in [-0.39, 0.29) is 57.1 Å². The van der Waals surface area contributed by atoms with Crippen LogP contribution in [0, 0.1) is 0 Å². The summed E-state index contributed by atoms with van der Waals surface area (Å²) in [5, 5.41) is 12.3. The van der Waals surface area contributed by atoms with Crippen molar-refractivity contribution in [1.29, 1.82) is 0 Å². The molecule has 7 rings (SSSR count). The van der Waals surface area contributed by atoms with Gasteiger partial charge in [0.2, 0.25) is 0 Å². The summed E-state index contributed by atoms with van der Waals surface area (Å²) in [6, 6.07) is 27.3. The average molecular weight is 745 g/mol. The summed E-state index contributed by atoms with van der Waals surface area (Å²) in [6.07, 6.45) is 1.62. The first-order chi connectivity index (χ1) is 28.3. The van der Waals surface area contributed by atoms with Crippen LogP contribution in [0.2, 0.25) is 0 Å². The van der Waals surface area contributed by atoms with E-state index in [1.165, 1.54) is 5.56 Å². The number of phenols is 1. The number of benzene rings is 5. The maximum absolute atomic E-state index is 12.3. The van der Waals surface area contributed by atoms with Gasteiger partial charge in [-0.2, -0.15) is 0 Å². The first-order valence-corrected chi connectivity index (χ1v) is 19.5. The van der Waals surface area contributed by atoms with Crippen LogP contribution >= 0.6 is 0 Å². The third-order valence-corrected chi connectivity index (χ3v) is 10.7. The number of pyridine rings is 1. The second-order valence-corrected chi connectivity index (χ2v) is 19.1. The standard InChI is InChI=1S/C52H57N3O/c1-49(2,3)37-21-23-40(24-22-37)55-45-20-16-19-41(46(45)54-48(55)42-31-39(51(7,8)9)32-43(47(42)56)52(10,11)12)35-27-36(29-38(28-35)50(4,5)6)44-30-34(25-26-53-44)33-17-14-13-15-18-33/h13-32,56H,1-12H3/i13D,14D,15D,17D,18D. The third kappa shape index (κ3) is 7.54. The van der Waals surface area contributed by atoms with Gasteiger partial charge in [-0.1, -0.05) is 150 Å². The maximum atomic E-state index is 12.3. The molecule has 2 aromatic heterocycles. The number of para-hydroxylation sites is 1. The molecule has 5 aromatic carbocycles. The number of hydrogen-bond acceptors (Lipinski definition) is 3. The molecule has 0 aliphatic heterocycles. The number of aromatic nitrogens is 3. The molecular formula is C52H57N3O. The summed E-state index contributed by atoms with van der Waals surface area (Å²) in [5.41, 5.74) is 10.5. The Bertz CT molecular complexity index is 2820. The van der Waals surface area contributed by atoms with Gasteiger partial charge in [0, 0.05) is 28.6 Å². The van der Waals surface area contributed by atoms with Crippen molar-refractivity contribution in [1.82, 2.24) is 14.5 Å². The Balaban J connectivity index is 1.52. The average Bonchev–Trinajstić information content (AvgIpc) is 3.57. The fourth-order valence-electron chi connectivity index (χ4n) is 7.20. The van der Waals surface area contributed by atoms with Crippen molar-refractivity contribution in [2.75, 3.05) is 0 Å². The van der Waals surface area contributed by atoms with Gasteiger partial charge >= 0.3 is 0 Å². The van der Waals surface area contributed by atoms with E-state index in [1.54, 1.807) is 18.3 Å². The van der Waals surface area contributed by atoms with Gasteiger partial charge in [0.05, 0.1) is 29.1 Å². The molecule has 286 valence electrons. The lowest BCUT2D eigenvalue weighted by Gasteiger charge is -2.27. The van der Waals surface area contributed by atoms with E-state index in [0.717, 1.165) is 50.1 Å². The van der Waals surface area contributed by atoms with Gasteiger partial charge in [0.25, 0.3) is 0 Å². The predicted molar refractivity (Wildman–Crippen MR) is 237 cm³/mol. The number of imidazole rings is 1. The molecule has 4 nitrogen and oxygen atoms in total. The van der Waals surface area contributed by atoms with Crippen molar-refractivity contribution >= 4 is 11.0 Å². The molecule has 0 atom stereocenters. The number of hydrogen-bond donors (Lipinski definition) is 1. The van der Waals surface area contributed by atoms with Crippen LogP contribution in [0.4, 0.5) is 0 Å². The SMILES string of the molecule is [2H]c1c([2H])c([2H])c(-c2ccnc(-c3cc(-c4cccc5c4nc(-c4cc(C(C)(C)C)cc(C(C)(C)C)c4O)n5-c4ccc(C(C)(C)C)cc4)cc(C(C)(C)C)c3)c2)c([2H])c1[2H]. The van der Waals surface area contributed by atoms with Crippen molar-refractivity contribution in [2.24, 2.45) is 0 Å². The van der Waals surface area contributed by atoms with Crippen LogP contribution in [0.25, 0.3) is 61.6 Å². The molecular weight excluding hydrogens is 683 g/mol. The zero-order valence-electron chi connectivity index (χ0n) is 39.9. The van der Waals surface area contributed by atoms with Crippen LogP contribution in [0.15, 0.2) is 121 Å².